The van der Waals surface area contributed by atoms with Gasteiger partial charge < -0.3 is 9.84 Å². The Labute approximate surface area is 111 Å². The molecule has 0 aliphatic carbocycles. The number of carbonyl (C=O) groups excluding carboxylic acids is 1. The average Bonchev–Trinajstić information content (AvgIpc) is 2.86. The molecule has 0 amide bonds. The number of aldehydes is 1. The zero-order valence-electron chi connectivity index (χ0n) is 10.3. The van der Waals surface area contributed by atoms with Gasteiger partial charge in [-0.05, 0) is 17.7 Å². The molecule has 2 unspecified atom stereocenters. The molecule has 3 nitrogen and oxygen atoms in total. The van der Waals surface area contributed by atoms with Gasteiger partial charge in [0.15, 0.2) is 0 Å². The number of ether oxygens (including phenoxy) is 1. The lowest BCUT2D eigenvalue weighted by molar-refractivity contribution is 0.112. The fraction of sp³-hybridized carbons (Fsp3) is 0.188. The highest BCUT2D eigenvalue weighted by Crippen LogP contribution is 2.45. The molecule has 2 aromatic carbocycles. The van der Waals surface area contributed by atoms with E-state index in [0.29, 0.717) is 5.56 Å². The van der Waals surface area contributed by atoms with Crippen molar-refractivity contribution in [2.45, 2.75) is 12.0 Å². The lowest BCUT2D eigenvalue weighted by Crippen LogP contribution is -2.13. The maximum Gasteiger partial charge on any atom is 0.150 e. The van der Waals surface area contributed by atoms with Gasteiger partial charge in [0, 0.05) is 11.1 Å². The van der Waals surface area contributed by atoms with Crippen LogP contribution in [0.5, 0.6) is 5.75 Å². The van der Waals surface area contributed by atoms with Crippen LogP contribution in [0.25, 0.3) is 0 Å². The Hall–Kier alpha value is -2.13. The van der Waals surface area contributed by atoms with Crippen molar-refractivity contribution in [2.24, 2.45) is 0 Å². The fourth-order valence-electron chi connectivity index (χ4n) is 2.58. The van der Waals surface area contributed by atoms with Crippen molar-refractivity contribution in [2.75, 3.05) is 6.61 Å². The Balaban J connectivity index is 2.00. The topological polar surface area (TPSA) is 46.5 Å². The van der Waals surface area contributed by atoms with Crippen molar-refractivity contribution in [1.29, 1.82) is 0 Å². The third-order valence-electron chi connectivity index (χ3n) is 3.51. The van der Waals surface area contributed by atoms with Crippen LogP contribution in [0.1, 0.15) is 33.5 Å². The van der Waals surface area contributed by atoms with E-state index >= 15 is 0 Å². The monoisotopic (exact) mass is 254 g/mol. The maximum atomic E-state index is 10.9. The van der Waals surface area contributed by atoms with E-state index in [1.807, 2.05) is 42.5 Å². The van der Waals surface area contributed by atoms with Crippen molar-refractivity contribution < 1.29 is 14.6 Å². The molecular weight excluding hydrogens is 240 g/mol. The summed E-state index contributed by atoms with van der Waals surface area (Å²) in [5.74, 6) is 0.723. The zero-order valence-corrected chi connectivity index (χ0v) is 10.3. The van der Waals surface area contributed by atoms with Gasteiger partial charge in [-0.15, -0.1) is 0 Å². The summed E-state index contributed by atoms with van der Waals surface area (Å²) in [4.78, 5) is 10.9. The van der Waals surface area contributed by atoms with Crippen LogP contribution in [0.3, 0.4) is 0 Å². The van der Waals surface area contributed by atoms with Crippen molar-refractivity contribution >= 4 is 6.29 Å². The lowest BCUT2D eigenvalue weighted by Gasteiger charge is -2.17. The smallest absolute Gasteiger partial charge is 0.150 e. The van der Waals surface area contributed by atoms with Crippen LogP contribution in [-0.4, -0.2) is 18.0 Å². The van der Waals surface area contributed by atoms with E-state index in [-0.39, 0.29) is 18.6 Å². The van der Waals surface area contributed by atoms with Crippen molar-refractivity contribution in [1.82, 2.24) is 0 Å². The molecule has 2 aromatic rings. The van der Waals surface area contributed by atoms with Gasteiger partial charge in [-0.2, -0.15) is 0 Å². The van der Waals surface area contributed by atoms with Crippen molar-refractivity contribution in [3.8, 4) is 5.75 Å². The highest BCUT2D eigenvalue weighted by atomic mass is 16.5. The highest BCUT2D eigenvalue weighted by Gasteiger charge is 2.34. The molecule has 2 atom stereocenters. The molecule has 0 saturated heterocycles. The number of hydrogen-bond donors (Lipinski definition) is 1. The number of fused-ring (bicyclic) bond motifs is 1. The lowest BCUT2D eigenvalue weighted by atomic mass is 9.91. The Morgan fingerprint density at radius 1 is 1.16 bits per heavy atom. The standard InChI is InChI=1S/C16H14O3/c17-9-11-4-3-5-12(8-11)16-14(10-18)13-6-1-2-7-15(13)19-16/h1-9,14,16,18H,10H2. The molecule has 0 bridgehead atoms. The first-order valence-corrected chi connectivity index (χ1v) is 6.25. The van der Waals surface area contributed by atoms with Crippen LogP contribution in [0.2, 0.25) is 0 Å². The summed E-state index contributed by atoms with van der Waals surface area (Å²) >= 11 is 0. The Kier molecular flexibility index (Phi) is 3.05. The second-order valence-electron chi connectivity index (χ2n) is 4.65. The quantitative estimate of drug-likeness (QED) is 0.857. The number of benzene rings is 2. The molecule has 1 N–H and O–H groups in total. The van der Waals surface area contributed by atoms with Crippen LogP contribution in [0.4, 0.5) is 0 Å². The summed E-state index contributed by atoms with van der Waals surface area (Å²) in [6, 6.07) is 15.1. The fourth-order valence-corrected chi connectivity index (χ4v) is 2.58. The second kappa shape index (κ2) is 4.86. The van der Waals surface area contributed by atoms with E-state index in [1.165, 1.54) is 0 Å². The van der Waals surface area contributed by atoms with Gasteiger partial charge in [0.1, 0.15) is 18.1 Å². The van der Waals surface area contributed by atoms with Crippen LogP contribution >= 0.6 is 0 Å². The van der Waals surface area contributed by atoms with E-state index in [2.05, 4.69) is 0 Å². The molecule has 0 aromatic heterocycles. The van der Waals surface area contributed by atoms with Gasteiger partial charge >= 0.3 is 0 Å². The molecule has 0 spiro atoms. The number of aliphatic hydroxyl groups is 1. The first-order valence-electron chi connectivity index (χ1n) is 6.25. The Morgan fingerprint density at radius 2 is 2.00 bits per heavy atom. The minimum absolute atomic E-state index is 0.0208. The highest BCUT2D eigenvalue weighted by molar-refractivity contribution is 5.75. The predicted octanol–water partition coefficient (Wildman–Crippen LogP) is 2.71. The number of para-hydroxylation sites is 1. The SMILES string of the molecule is O=Cc1cccc(C2Oc3ccccc3C2CO)c1. The third-order valence-corrected chi connectivity index (χ3v) is 3.51. The first-order chi connectivity index (χ1) is 9.33. The van der Waals surface area contributed by atoms with Crippen LogP contribution < -0.4 is 4.74 Å². The van der Waals surface area contributed by atoms with Crippen LogP contribution in [-0.2, 0) is 0 Å². The van der Waals surface area contributed by atoms with Crippen LogP contribution in [0, 0.1) is 0 Å². The number of aliphatic hydroxyl groups excluding tert-OH is 1. The average molecular weight is 254 g/mol. The van der Waals surface area contributed by atoms with Crippen molar-refractivity contribution in [3.63, 3.8) is 0 Å². The minimum Gasteiger partial charge on any atom is -0.485 e. The normalized spacial score (nSPS) is 20.7. The summed E-state index contributed by atoms with van der Waals surface area (Å²) in [6.45, 7) is 0.0208. The molecule has 3 heteroatoms. The largest absolute Gasteiger partial charge is 0.485 e. The van der Waals surface area contributed by atoms with E-state index in [1.54, 1.807) is 6.07 Å². The second-order valence-corrected chi connectivity index (χ2v) is 4.65. The molecule has 1 aliphatic rings. The molecule has 0 fully saturated rings. The summed E-state index contributed by atoms with van der Waals surface area (Å²) < 4.78 is 5.92. The summed E-state index contributed by atoms with van der Waals surface area (Å²) in [5, 5.41) is 9.62. The van der Waals surface area contributed by atoms with Crippen molar-refractivity contribution in [3.05, 3.63) is 65.2 Å². The van der Waals surface area contributed by atoms with Gasteiger partial charge in [0.25, 0.3) is 0 Å². The predicted molar refractivity (Wildman–Crippen MR) is 71.5 cm³/mol. The van der Waals surface area contributed by atoms with Gasteiger partial charge in [-0.1, -0.05) is 36.4 Å². The summed E-state index contributed by atoms with van der Waals surface area (Å²) in [7, 11) is 0. The first kappa shape index (κ1) is 11.9. The van der Waals surface area contributed by atoms with E-state index in [0.717, 1.165) is 23.2 Å². The van der Waals surface area contributed by atoms with Gasteiger partial charge in [0.2, 0.25) is 0 Å². The van der Waals surface area contributed by atoms with Gasteiger partial charge in [-0.25, -0.2) is 0 Å². The Morgan fingerprint density at radius 3 is 2.79 bits per heavy atom. The van der Waals surface area contributed by atoms with E-state index < -0.39 is 0 Å². The molecule has 3 rings (SSSR count). The molecule has 1 heterocycles. The number of rotatable bonds is 3. The Bertz CT molecular complexity index is 606. The maximum absolute atomic E-state index is 10.9. The van der Waals surface area contributed by atoms with Gasteiger partial charge in [-0.3, -0.25) is 4.79 Å². The molecule has 19 heavy (non-hydrogen) atoms. The number of carbonyl (C=O) groups is 1. The molecular formula is C16H14O3. The molecule has 0 radical (unpaired) electrons. The van der Waals surface area contributed by atoms with Crippen LogP contribution in [0.15, 0.2) is 48.5 Å². The minimum atomic E-state index is -0.234. The molecule has 0 saturated carbocycles. The third kappa shape index (κ3) is 2.02. The van der Waals surface area contributed by atoms with E-state index in [4.69, 9.17) is 4.74 Å². The summed E-state index contributed by atoms with van der Waals surface area (Å²) in [6.07, 6.45) is 0.585. The number of hydrogen-bond acceptors (Lipinski definition) is 3. The molecule has 1 aliphatic heterocycles. The summed E-state index contributed by atoms with van der Waals surface area (Å²) in [5.41, 5.74) is 2.56. The van der Waals surface area contributed by atoms with E-state index in [9.17, 15) is 9.90 Å². The van der Waals surface area contributed by atoms with Gasteiger partial charge in [0.05, 0.1) is 12.5 Å². The molecule has 96 valence electrons. The zero-order chi connectivity index (χ0) is 13.2.